The van der Waals surface area contributed by atoms with Gasteiger partial charge in [-0.2, -0.15) is 0 Å². The first kappa shape index (κ1) is 17.5. The molecule has 0 heterocycles. The zero-order valence-corrected chi connectivity index (χ0v) is 7.80. The first-order valence-corrected chi connectivity index (χ1v) is 3.41. The molecule has 0 fully saturated rings. The fraction of sp³-hybridized carbons (Fsp3) is 0.143. The standard InChI is InChI=1S/C7H6BrF.3FH/c1-5-3-2-4-6(8)7(5)9;;;/h2-4H,1H3;3*1H. The van der Waals surface area contributed by atoms with Crippen LogP contribution in [-0.4, -0.2) is 0 Å². The van der Waals surface area contributed by atoms with Crippen molar-refractivity contribution in [1.82, 2.24) is 0 Å². The molecule has 1 rings (SSSR count). The molecule has 0 bridgehead atoms. The Bertz CT molecular complexity index is 206. The second kappa shape index (κ2) is 7.09. The minimum atomic E-state index is -0.169. The Morgan fingerprint density at radius 2 is 1.67 bits per heavy atom. The van der Waals surface area contributed by atoms with Gasteiger partial charge in [0.15, 0.2) is 0 Å². The predicted molar refractivity (Wildman–Crippen MR) is 46.3 cm³/mol. The van der Waals surface area contributed by atoms with Gasteiger partial charge in [0.25, 0.3) is 0 Å². The van der Waals surface area contributed by atoms with Crippen molar-refractivity contribution in [3.05, 3.63) is 34.1 Å². The molecule has 0 saturated heterocycles. The van der Waals surface area contributed by atoms with Crippen LogP contribution in [-0.2, 0) is 0 Å². The zero-order chi connectivity index (χ0) is 6.85. The summed E-state index contributed by atoms with van der Waals surface area (Å²) >= 11 is 3.07. The first-order valence-electron chi connectivity index (χ1n) is 2.62. The third-order valence-corrected chi connectivity index (χ3v) is 1.76. The summed E-state index contributed by atoms with van der Waals surface area (Å²) in [5.74, 6) is -0.169. The summed E-state index contributed by atoms with van der Waals surface area (Å²) in [7, 11) is 0. The molecule has 0 saturated carbocycles. The van der Waals surface area contributed by atoms with Crippen molar-refractivity contribution < 1.29 is 18.5 Å². The Hall–Kier alpha value is -0.580. The van der Waals surface area contributed by atoms with Gasteiger partial charge in [0.2, 0.25) is 0 Å². The Balaban J connectivity index is -0.000000270. The van der Waals surface area contributed by atoms with Crippen LogP contribution in [0.4, 0.5) is 18.5 Å². The van der Waals surface area contributed by atoms with E-state index in [4.69, 9.17) is 0 Å². The summed E-state index contributed by atoms with van der Waals surface area (Å²) in [5.41, 5.74) is 0.671. The van der Waals surface area contributed by atoms with E-state index in [2.05, 4.69) is 15.9 Å². The fourth-order valence-corrected chi connectivity index (χ4v) is 1.08. The van der Waals surface area contributed by atoms with Gasteiger partial charge in [-0.05, 0) is 34.5 Å². The lowest BCUT2D eigenvalue weighted by Crippen LogP contribution is -1.80. The van der Waals surface area contributed by atoms with E-state index in [1.807, 2.05) is 6.07 Å². The highest BCUT2D eigenvalue weighted by atomic mass is 79.9. The van der Waals surface area contributed by atoms with Crippen LogP contribution in [0, 0.1) is 12.7 Å². The van der Waals surface area contributed by atoms with Gasteiger partial charge >= 0.3 is 0 Å². The second-order valence-corrected chi connectivity index (χ2v) is 2.73. The van der Waals surface area contributed by atoms with E-state index in [0.29, 0.717) is 10.0 Å². The Morgan fingerprint density at radius 3 is 2.00 bits per heavy atom. The summed E-state index contributed by atoms with van der Waals surface area (Å²) in [4.78, 5) is 0. The van der Waals surface area contributed by atoms with Crippen molar-refractivity contribution in [3.63, 3.8) is 0 Å². The maximum atomic E-state index is 12.7. The van der Waals surface area contributed by atoms with Gasteiger partial charge < -0.3 is 0 Å². The van der Waals surface area contributed by atoms with E-state index in [1.165, 1.54) is 0 Å². The average molecular weight is 249 g/mol. The smallest absolute Gasteiger partial charge is 0.140 e. The minimum absolute atomic E-state index is 0. The molecule has 0 aliphatic rings. The van der Waals surface area contributed by atoms with Crippen LogP contribution in [0.15, 0.2) is 22.7 Å². The molecule has 0 spiro atoms. The molecule has 1 aromatic carbocycles. The average Bonchev–Trinajstić information content (AvgIpc) is 1.83. The van der Waals surface area contributed by atoms with Gasteiger partial charge in [0.1, 0.15) is 5.82 Å². The summed E-state index contributed by atoms with van der Waals surface area (Å²) < 4.78 is 13.2. The predicted octanol–water partition coefficient (Wildman–Crippen LogP) is 3.35. The van der Waals surface area contributed by atoms with Crippen molar-refractivity contribution in [2.45, 2.75) is 6.92 Å². The normalized spacial score (nSPS) is 7.25. The molecule has 0 atom stereocenters. The molecule has 0 aliphatic heterocycles. The fourth-order valence-electron chi connectivity index (χ4n) is 0.612. The molecule has 12 heavy (non-hydrogen) atoms. The Labute approximate surface area is 76.0 Å². The van der Waals surface area contributed by atoms with Crippen LogP contribution >= 0.6 is 15.9 Å². The van der Waals surface area contributed by atoms with Crippen LogP contribution in [0.25, 0.3) is 0 Å². The van der Waals surface area contributed by atoms with E-state index < -0.39 is 0 Å². The molecule has 0 N–H and O–H groups in total. The minimum Gasteiger partial charge on any atom is -0.269 e. The lowest BCUT2D eigenvalue weighted by atomic mass is 10.2. The molecule has 5 heteroatoms. The van der Waals surface area contributed by atoms with Crippen LogP contribution in [0.5, 0.6) is 0 Å². The van der Waals surface area contributed by atoms with Crippen molar-refractivity contribution in [2.75, 3.05) is 0 Å². The van der Waals surface area contributed by atoms with Gasteiger partial charge in [-0.1, -0.05) is 12.1 Å². The highest BCUT2D eigenvalue weighted by Gasteiger charge is 1.98. The van der Waals surface area contributed by atoms with E-state index in [9.17, 15) is 4.39 Å². The molecule has 72 valence electrons. The van der Waals surface area contributed by atoms with Gasteiger partial charge in [-0.3, -0.25) is 14.1 Å². The maximum absolute atomic E-state index is 12.7. The van der Waals surface area contributed by atoms with Gasteiger partial charge in [-0.15, -0.1) is 0 Å². The van der Waals surface area contributed by atoms with E-state index in [-0.39, 0.29) is 19.9 Å². The third-order valence-electron chi connectivity index (χ3n) is 1.14. The molecule has 0 aromatic heterocycles. The SMILES string of the molecule is Cc1cccc(Br)c1F.F.F.F. The van der Waals surface area contributed by atoms with Gasteiger partial charge in [0, 0.05) is 0 Å². The number of aryl methyl sites for hydroxylation is 1. The number of halogens is 5. The van der Waals surface area contributed by atoms with E-state index in [1.54, 1.807) is 19.1 Å². The number of rotatable bonds is 0. The van der Waals surface area contributed by atoms with Crippen LogP contribution in [0.1, 0.15) is 5.56 Å². The summed E-state index contributed by atoms with van der Waals surface area (Å²) in [6.45, 7) is 1.74. The topological polar surface area (TPSA) is 0 Å². The van der Waals surface area contributed by atoms with E-state index in [0.717, 1.165) is 0 Å². The highest BCUT2D eigenvalue weighted by molar-refractivity contribution is 9.10. The highest BCUT2D eigenvalue weighted by Crippen LogP contribution is 2.16. The molecule has 0 unspecified atom stereocenters. The molecule has 1 aromatic rings. The van der Waals surface area contributed by atoms with Crippen LogP contribution in [0.3, 0.4) is 0 Å². The first-order chi connectivity index (χ1) is 4.22. The van der Waals surface area contributed by atoms with Crippen LogP contribution in [0.2, 0.25) is 0 Å². The van der Waals surface area contributed by atoms with E-state index >= 15 is 0 Å². The summed E-state index contributed by atoms with van der Waals surface area (Å²) in [5, 5.41) is 0. The van der Waals surface area contributed by atoms with Crippen LogP contribution < -0.4 is 0 Å². The third kappa shape index (κ3) is 3.71. The summed E-state index contributed by atoms with van der Waals surface area (Å²) in [6, 6.07) is 5.23. The van der Waals surface area contributed by atoms with Crippen molar-refractivity contribution >= 4 is 15.9 Å². The van der Waals surface area contributed by atoms with Crippen molar-refractivity contribution in [2.24, 2.45) is 0 Å². The number of hydrogen-bond donors (Lipinski definition) is 0. The van der Waals surface area contributed by atoms with Gasteiger partial charge in [0.05, 0.1) is 4.47 Å². The molecular weight excluding hydrogens is 240 g/mol. The second-order valence-electron chi connectivity index (χ2n) is 1.87. The molecule has 0 nitrogen and oxygen atoms in total. The quantitative estimate of drug-likeness (QED) is 0.618. The lowest BCUT2D eigenvalue weighted by Gasteiger charge is -1.95. The monoisotopic (exact) mass is 248 g/mol. The number of benzene rings is 1. The van der Waals surface area contributed by atoms with Gasteiger partial charge in [-0.25, -0.2) is 4.39 Å². The molecule has 0 amide bonds. The Morgan fingerprint density at radius 1 is 1.17 bits per heavy atom. The molecular formula is C7H9BrF4. The van der Waals surface area contributed by atoms with Crippen molar-refractivity contribution in [3.8, 4) is 0 Å². The zero-order valence-electron chi connectivity index (χ0n) is 6.21. The Kier molecular flexibility index (Phi) is 10.3. The largest absolute Gasteiger partial charge is 0.269 e. The molecule has 0 radical (unpaired) electrons. The molecule has 0 aliphatic carbocycles. The maximum Gasteiger partial charge on any atom is 0.140 e. The number of hydrogen-bond acceptors (Lipinski definition) is 0. The lowest BCUT2D eigenvalue weighted by molar-refractivity contribution is 0.612. The summed E-state index contributed by atoms with van der Waals surface area (Å²) in [6.07, 6.45) is 0. The van der Waals surface area contributed by atoms with Crippen molar-refractivity contribution in [1.29, 1.82) is 0 Å².